The molecule has 1 aromatic heterocycles. The number of carboxylic acids is 1. The van der Waals surface area contributed by atoms with Crippen LogP contribution in [0.4, 0.5) is 22.9 Å². The average molecular weight is 440 g/mol. The lowest BCUT2D eigenvalue weighted by Gasteiger charge is -2.57. The van der Waals surface area contributed by atoms with Crippen LogP contribution in [0.3, 0.4) is 0 Å². The van der Waals surface area contributed by atoms with E-state index in [1.165, 1.54) is 44.1 Å². The lowest BCUT2D eigenvalue weighted by molar-refractivity contribution is -0.00516. The van der Waals surface area contributed by atoms with Crippen LogP contribution in [0, 0.1) is 17.8 Å². The highest BCUT2D eigenvalue weighted by molar-refractivity contribution is 5.93. The minimum atomic E-state index is -0.997. The molecule has 0 atom stereocenters. The number of nitrogens with zero attached hydrogens (tertiary/aromatic N) is 1. The molecule has 5 nitrogen and oxygen atoms in total. The van der Waals surface area contributed by atoms with Gasteiger partial charge in [0.1, 0.15) is 11.4 Å². The maximum Gasteiger partial charge on any atom is 0.339 e. The molecule has 0 spiro atoms. The predicted molar refractivity (Wildman–Crippen MR) is 130 cm³/mol. The molecule has 33 heavy (non-hydrogen) atoms. The van der Waals surface area contributed by atoms with Gasteiger partial charge in [-0.2, -0.15) is 0 Å². The van der Waals surface area contributed by atoms with Crippen molar-refractivity contribution in [1.82, 2.24) is 4.98 Å². The number of aromatic carboxylic acids is 1. The average Bonchev–Trinajstić information content (AvgIpc) is 2.80. The van der Waals surface area contributed by atoms with Gasteiger partial charge in [-0.3, -0.25) is 0 Å². The van der Waals surface area contributed by atoms with Gasteiger partial charge in [-0.05, 0) is 116 Å². The Morgan fingerprint density at radius 1 is 0.818 bits per heavy atom. The zero-order valence-electron chi connectivity index (χ0n) is 18.6. The van der Waals surface area contributed by atoms with Crippen molar-refractivity contribution < 1.29 is 9.90 Å². The van der Waals surface area contributed by atoms with Gasteiger partial charge in [-0.15, -0.1) is 0 Å². The summed E-state index contributed by atoms with van der Waals surface area (Å²) < 4.78 is 0. The summed E-state index contributed by atoms with van der Waals surface area (Å²) >= 11 is 0. The fourth-order valence-corrected chi connectivity index (χ4v) is 7.01. The number of aromatic nitrogens is 1. The molecule has 4 aliphatic carbocycles. The van der Waals surface area contributed by atoms with Gasteiger partial charge in [0.25, 0.3) is 0 Å². The number of nitrogens with one attached hydrogen (secondary N) is 2. The molecule has 0 amide bonds. The summed E-state index contributed by atoms with van der Waals surface area (Å²) in [6.07, 6.45) is 10.1. The minimum Gasteiger partial charge on any atom is -0.478 e. The Morgan fingerprint density at radius 2 is 1.45 bits per heavy atom. The van der Waals surface area contributed by atoms with Crippen molar-refractivity contribution in [3.63, 3.8) is 0 Å². The van der Waals surface area contributed by atoms with Gasteiger partial charge in [-0.25, -0.2) is 9.78 Å². The normalized spacial score (nSPS) is 27.3. The van der Waals surface area contributed by atoms with Crippen molar-refractivity contribution in [3.8, 4) is 0 Å². The Hall–Kier alpha value is -3.34. The summed E-state index contributed by atoms with van der Waals surface area (Å²) in [4.78, 5) is 15.6. The quantitative estimate of drug-likeness (QED) is 0.397. The monoisotopic (exact) mass is 439 g/mol. The number of carboxylic acid groups (broad SMARTS) is 1. The third kappa shape index (κ3) is 3.86. The maximum absolute atomic E-state index is 11.4. The molecule has 5 heteroatoms. The highest BCUT2D eigenvalue weighted by Crippen LogP contribution is 2.60. The maximum atomic E-state index is 11.4. The lowest BCUT2D eigenvalue weighted by Crippen LogP contribution is -2.48. The molecule has 0 aliphatic heterocycles. The molecule has 2 aromatic carbocycles. The van der Waals surface area contributed by atoms with Gasteiger partial charge in [0.05, 0.1) is 0 Å². The van der Waals surface area contributed by atoms with E-state index in [2.05, 4.69) is 39.9 Å². The fraction of sp³-hybridized carbons (Fsp3) is 0.357. The molecular formula is C28H29N3O2. The summed E-state index contributed by atoms with van der Waals surface area (Å²) in [5.41, 5.74) is 4.99. The molecule has 0 radical (unpaired) electrons. The highest BCUT2D eigenvalue weighted by atomic mass is 16.4. The number of pyridine rings is 1. The van der Waals surface area contributed by atoms with Crippen LogP contribution in [-0.2, 0) is 5.41 Å². The van der Waals surface area contributed by atoms with E-state index in [1.54, 1.807) is 18.3 Å². The van der Waals surface area contributed by atoms with Crippen molar-refractivity contribution in [2.24, 2.45) is 17.8 Å². The molecule has 168 valence electrons. The van der Waals surface area contributed by atoms with Gasteiger partial charge in [0.15, 0.2) is 0 Å². The van der Waals surface area contributed by atoms with Crippen molar-refractivity contribution in [3.05, 3.63) is 78.0 Å². The molecule has 4 bridgehead atoms. The van der Waals surface area contributed by atoms with Gasteiger partial charge in [-0.1, -0.05) is 12.1 Å². The smallest absolute Gasteiger partial charge is 0.339 e. The number of anilines is 4. The fourth-order valence-electron chi connectivity index (χ4n) is 7.01. The molecule has 7 rings (SSSR count). The number of carbonyl (C=O) groups is 1. The van der Waals surface area contributed by atoms with Crippen LogP contribution in [-0.4, -0.2) is 16.1 Å². The second kappa shape index (κ2) is 7.91. The van der Waals surface area contributed by atoms with E-state index in [4.69, 9.17) is 0 Å². The van der Waals surface area contributed by atoms with Crippen LogP contribution >= 0.6 is 0 Å². The third-order valence-corrected chi connectivity index (χ3v) is 7.99. The van der Waals surface area contributed by atoms with Crippen molar-refractivity contribution in [2.75, 3.05) is 10.6 Å². The second-order valence-electron chi connectivity index (χ2n) is 10.3. The summed E-state index contributed by atoms with van der Waals surface area (Å²) in [7, 11) is 0. The topological polar surface area (TPSA) is 74.2 Å². The van der Waals surface area contributed by atoms with E-state index >= 15 is 0 Å². The molecule has 1 heterocycles. The van der Waals surface area contributed by atoms with Crippen molar-refractivity contribution >= 4 is 28.8 Å². The Labute approximate surface area is 194 Å². The Bertz CT molecular complexity index is 1150. The minimum absolute atomic E-state index is 0.154. The summed E-state index contributed by atoms with van der Waals surface area (Å²) in [5, 5.41) is 16.0. The first-order valence-electron chi connectivity index (χ1n) is 12.0. The zero-order chi connectivity index (χ0) is 22.4. The summed E-state index contributed by atoms with van der Waals surface area (Å²) in [5.74, 6) is 2.16. The van der Waals surface area contributed by atoms with Gasteiger partial charge < -0.3 is 15.7 Å². The molecule has 3 N–H and O–H groups in total. The van der Waals surface area contributed by atoms with Gasteiger partial charge >= 0.3 is 5.97 Å². The highest BCUT2D eigenvalue weighted by Gasteiger charge is 2.51. The first-order valence-corrected chi connectivity index (χ1v) is 12.0. The lowest BCUT2D eigenvalue weighted by atomic mass is 9.48. The Kier molecular flexibility index (Phi) is 4.86. The summed E-state index contributed by atoms with van der Waals surface area (Å²) in [6.45, 7) is 0. The number of rotatable bonds is 6. The first-order chi connectivity index (χ1) is 16.1. The van der Waals surface area contributed by atoms with E-state index in [-0.39, 0.29) is 5.56 Å². The molecule has 4 aliphatic rings. The first kappa shape index (κ1) is 20.3. The summed E-state index contributed by atoms with van der Waals surface area (Å²) in [6, 6.07) is 20.1. The third-order valence-electron chi connectivity index (χ3n) is 7.99. The molecule has 4 saturated carbocycles. The van der Waals surface area contributed by atoms with Crippen LogP contribution in [0.5, 0.6) is 0 Å². The predicted octanol–water partition coefficient (Wildman–Crippen LogP) is 6.73. The zero-order valence-corrected chi connectivity index (χ0v) is 18.6. The Balaban J connectivity index is 1.18. The van der Waals surface area contributed by atoms with Crippen LogP contribution in [0.25, 0.3) is 0 Å². The van der Waals surface area contributed by atoms with Gasteiger partial charge in [0.2, 0.25) is 0 Å². The molecule has 4 fully saturated rings. The molecule has 0 unspecified atom stereocenters. The van der Waals surface area contributed by atoms with E-state index in [0.717, 1.165) is 34.8 Å². The van der Waals surface area contributed by atoms with E-state index in [9.17, 15) is 9.90 Å². The number of benzene rings is 2. The van der Waals surface area contributed by atoms with Crippen LogP contribution in [0.15, 0.2) is 66.9 Å². The van der Waals surface area contributed by atoms with Gasteiger partial charge in [0, 0.05) is 23.3 Å². The largest absolute Gasteiger partial charge is 0.478 e. The van der Waals surface area contributed by atoms with E-state index in [0.29, 0.717) is 11.2 Å². The number of hydrogen-bond acceptors (Lipinski definition) is 4. The van der Waals surface area contributed by atoms with E-state index < -0.39 is 5.97 Å². The second-order valence-corrected chi connectivity index (χ2v) is 10.3. The van der Waals surface area contributed by atoms with E-state index in [1.807, 2.05) is 24.3 Å². The standard InChI is InChI=1S/C28H29N3O2/c32-27(33)25-5-2-10-29-26(25)31-23-8-6-22(7-9-23)30-24-4-1-3-21(14-24)28-15-18-11-19(16-28)13-20(12-18)17-28/h1-10,14,18-20,30H,11-13,15-17H2,(H,29,31)(H,32,33). The molecular weight excluding hydrogens is 410 g/mol. The Morgan fingerprint density at radius 3 is 2.09 bits per heavy atom. The van der Waals surface area contributed by atoms with Crippen LogP contribution in [0.2, 0.25) is 0 Å². The molecule has 0 saturated heterocycles. The van der Waals surface area contributed by atoms with Crippen molar-refractivity contribution in [1.29, 1.82) is 0 Å². The van der Waals surface area contributed by atoms with Crippen molar-refractivity contribution in [2.45, 2.75) is 43.9 Å². The number of hydrogen-bond donors (Lipinski definition) is 3. The molecule has 3 aromatic rings. The van der Waals surface area contributed by atoms with Crippen LogP contribution in [0.1, 0.15) is 54.4 Å². The van der Waals surface area contributed by atoms with Crippen LogP contribution < -0.4 is 10.6 Å². The SMILES string of the molecule is O=C(O)c1cccnc1Nc1ccc(Nc2cccc(C34CC5CC(CC(C5)C3)C4)c2)cc1.